The first-order valence-corrected chi connectivity index (χ1v) is 6.71. The van der Waals surface area contributed by atoms with Gasteiger partial charge in [0.25, 0.3) is 0 Å². The summed E-state index contributed by atoms with van der Waals surface area (Å²) in [5.74, 6) is 1.70. The number of rotatable bonds is 3. The van der Waals surface area contributed by atoms with Crippen LogP contribution in [0.1, 0.15) is 32.6 Å². The van der Waals surface area contributed by atoms with Gasteiger partial charge in [-0.1, -0.05) is 19.8 Å². The fourth-order valence-electron chi connectivity index (χ4n) is 2.80. The average Bonchev–Trinajstić information content (AvgIpc) is 2.31. The third-order valence-electron chi connectivity index (χ3n) is 4.06. The molecule has 0 atom stereocenters. The lowest BCUT2D eigenvalue weighted by atomic mass is 9.81. The highest BCUT2D eigenvalue weighted by molar-refractivity contribution is 5.83. The Hall–Kier alpha value is -0.410. The van der Waals surface area contributed by atoms with Crippen LogP contribution in [0.25, 0.3) is 0 Å². The molecule has 1 aliphatic carbocycles. The Bertz CT molecular complexity index is 228. The van der Waals surface area contributed by atoms with Crippen molar-refractivity contribution in [1.82, 2.24) is 10.2 Å². The molecule has 0 aromatic rings. The molecule has 2 rings (SSSR count). The number of nitrogens with zero attached hydrogens (tertiary/aromatic N) is 1. The van der Waals surface area contributed by atoms with Crippen molar-refractivity contribution in [1.29, 1.82) is 0 Å². The maximum atomic E-state index is 12.1. The molecule has 1 aliphatic heterocycles. The molecular formula is C13H24N2O. The van der Waals surface area contributed by atoms with E-state index in [-0.39, 0.29) is 0 Å². The lowest BCUT2D eigenvalue weighted by molar-refractivity contribution is -0.125. The summed E-state index contributed by atoms with van der Waals surface area (Å²) >= 11 is 0. The minimum absolute atomic E-state index is 0.367. The fourth-order valence-corrected chi connectivity index (χ4v) is 2.80. The van der Waals surface area contributed by atoms with Gasteiger partial charge in [-0.05, 0) is 18.8 Å². The Morgan fingerprint density at radius 3 is 2.44 bits per heavy atom. The monoisotopic (exact) mass is 224 g/mol. The highest BCUT2D eigenvalue weighted by Crippen LogP contribution is 2.28. The van der Waals surface area contributed by atoms with Crippen LogP contribution in [0.4, 0.5) is 0 Å². The normalized spacial score (nSPS) is 32.6. The van der Waals surface area contributed by atoms with Gasteiger partial charge in [-0.25, -0.2) is 0 Å². The van der Waals surface area contributed by atoms with Gasteiger partial charge >= 0.3 is 0 Å². The molecule has 1 N–H and O–H groups in total. The quantitative estimate of drug-likeness (QED) is 0.784. The standard InChI is InChI=1S/C13H24N2O/c1-11-2-4-12(5-3-11)13(16)10-15-8-6-14-7-9-15/h11-12,14H,2-10H2,1H3. The summed E-state index contributed by atoms with van der Waals surface area (Å²) in [5, 5.41) is 3.32. The van der Waals surface area contributed by atoms with E-state index in [2.05, 4.69) is 17.1 Å². The molecule has 1 saturated carbocycles. The average molecular weight is 224 g/mol. The molecule has 3 nitrogen and oxygen atoms in total. The summed E-state index contributed by atoms with van der Waals surface area (Å²) in [7, 11) is 0. The number of Topliss-reactive ketones (excluding diaryl/α,β-unsaturated/α-hetero) is 1. The Labute approximate surface area is 98.6 Å². The molecule has 1 heterocycles. The van der Waals surface area contributed by atoms with Crippen LogP contribution < -0.4 is 5.32 Å². The van der Waals surface area contributed by atoms with Gasteiger partial charge in [0.1, 0.15) is 5.78 Å². The number of hydrogen-bond donors (Lipinski definition) is 1. The maximum absolute atomic E-state index is 12.1. The van der Waals surface area contributed by atoms with Gasteiger partial charge in [-0.2, -0.15) is 0 Å². The van der Waals surface area contributed by atoms with Gasteiger partial charge in [0.15, 0.2) is 0 Å². The summed E-state index contributed by atoms with van der Waals surface area (Å²) in [5.41, 5.74) is 0. The number of carbonyl (C=O) groups is 1. The van der Waals surface area contributed by atoms with Gasteiger partial charge in [0.05, 0.1) is 6.54 Å². The summed E-state index contributed by atoms with van der Waals surface area (Å²) in [6, 6.07) is 0. The first-order valence-electron chi connectivity index (χ1n) is 6.71. The van der Waals surface area contributed by atoms with Gasteiger partial charge < -0.3 is 5.32 Å². The highest BCUT2D eigenvalue weighted by Gasteiger charge is 2.25. The minimum atomic E-state index is 0.367. The summed E-state index contributed by atoms with van der Waals surface area (Å²) in [4.78, 5) is 14.4. The Morgan fingerprint density at radius 1 is 1.19 bits per heavy atom. The Kier molecular flexibility index (Phi) is 4.36. The summed E-state index contributed by atoms with van der Waals surface area (Å²) in [6.07, 6.45) is 4.76. The molecule has 0 aromatic heterocycles. The molecule has 2 fully saturated rings. The highest BCUT2D eigenvalue weighted by atomic mass is 16.1. The van der Waals surface area contributed by atoms with Crippen LogP contribution in [0.15, 0.2) is 0 Å². The third-order valence-corrected chi connectivity index (χ3v) is 4.06. The van der Waals surface area contributed by atoms with E-state index in [1.165, 1.54) is 12.8 Å². The van der Waals surface area contributed by atoms with Crippen LogP contribution in [-0.2, 0) is 4.79 Å². The van der Waals surface area contributed by atoms with Crippen molar-refractivity contribution in [3.8, 4) is 0 Å². The first kappa shape index (κ1) is 12.1. The van der Waals surface area contributed by atoms with Crippen LogP contribution in [0, 0.1) is 11.8 Å². The number of ketones is 1. The largest absolute Gasteiger partial charge is 0.314 e. The molecule has 1 saturated heterocycles. The summed E-state index contributed by atoms with van der Waals surface area (Å²) < 4.78 is 0. The van der Waals surface area contributed by atoms with E-state index in [4.69, 9.17) is 0 Å². The second kappa shape index (κ2) is 5.78. The molecule has 92 valence electrons. The van der Waals surface area contributed by atoms with Crippen molar-refractivity contribution in [3.05, 3.63) is 0 Å². The van der Waals surface area contributed by atoms with Crippen LogP contribution in [0.3, 0.4) is 0 Å². The molecule has 3 heteroatoms. The SMILES string of the molecule is CC1CCC(C(=O)CN2CCNCC2)CC1. The first-order chi connectivity index (χ1) is 7.75. The van der Waals surface area contributed by atoms with Gasteiger partial charge in [-0.15, -0.1) is 0 Å². The number of hydrogen-bond acceptors (Lipinski definition) is 3. The molecule has 0 aromatic carbocycles. The minimum Gasteiger partial charge on any atom is -0.314 e. The van der Waals surface area contributed by atoms with Crippen LogP contribution in [-0.4, -0.2) is 43.4 Å². The predicted molar refractivity (Wildman–Crippen MR) is 65.4 cm³/mol. The second-order valence-corrected chi connectivity index (χ2v) is 5.45. The van der Waals surface area contributed by atoms with E-state index in [9.17, 15) is 4.79 Å². The van der Waals surface area contributed by atoms with E-state index in [1.807, 2.05) is 0 Å². The molecule has 0 spiro atoms. The van der Waals surface area contributed by atoms with Crippen LogP contribution in [0.2, 0.25) is 0 Å². The van der Waals surface area contributed by atoms with E-state index in [1.54, 1.807) is 0 Å². The Morgan fingerprint density at radius 2 is 1.81 bits per heavy atom. The fraction of sp³-hybridized carbons (Fsp3) is 0.923. The smallest absolute Gasteiger partial charge is 0.149 e. The van der Waals surface area contributed by atoms with Crippen LogP contribution in [0.5, 0.6) is 0 Å². The maximum Gasteiger partial charge on any atom is 0.149 e. The number of carbonyl (C=O) groups excluding carboxylic acids is 1. The molecule has 16 heavy (non-hydrogen) atoms. The van der Waals surface area contributed by atoms with Crippen molar-refractivity contribution < 1.29 is 4.79 Å². The van der Waals surface area contributed by atoms with E-state index in [0.29, 0.717) is 18.2 Å². The topological polar surface area (TPSA) is 32.3 Å². The zero-order valence-corrected chi connectivity index (χ0v) is 10.4. The lowest BCUT2D eigenvalue weighted by Gasteiger charge is -2.30. The van der Waals surface area contributed by atoms with Crippen LogP contribution >= 0.6 is 0 Å². The van der Waals surface area contributed by atoms with Crippen molar-refractivity contribution in [2.75, 3.05) is 32.7 Å². The van der Waals surface area contributed by atoms with Crippen molar-refractivity contribution in [2.45, 2.75) is 32.6 Å². The van der Waals surface area contributed by atoms with Gasteiger partial charge in [-0.3, -0.25) is 9.69 Å². The number of piperazine rings is 1. The van der Waals surface area contributed by atoms with E-state index < -0.39 is 0 Å². The Balaban J connectivity index is 1.74. The zero-order valence-electron chi connectivity index (χ0n) is 10.4. The molecular weight excluding hydrogens is 200 g/mol. The van der Waals surface area contributed by atoms with Crippen molar-refractivity contribution >= 4 is 5.78 Å². The zero-order chi connectivity index (χ0) is 11.4. The molecule has 0 amide bonds. The summed E-state index contributed by atoms with van der Waals surface area (Å²) in [6.45, 7) is 7.14. The van der Waals surface area contributed by atoms with E-state index in [0.717, 1.165) is 44.9 Å². The second-order valence-electron chi connectivity index (χ2n) is 5.45. The third kappa shape index (κ3) is 3.29. The van der Waals surface area contributed by atoms with Gasteiger partial charge in [0, 0.05) is 32.1 Å². The molecule has 0 unspecified atom stereocenters. The van der Waals surface area contributed by atoms with Crippen molar-refractivity contribution in [3.63, 3.8) is 0 Å². The predicted octanol–water partition coefficient (Wildman–Crippen LogP) is 1.29. The molecule has 0 bridgehead atoms. The molecule has 0 radical (unpaired) electrons. The van der Waals surface area contributed by atoms with Gasteiger partial charge in [0.2, 0.25) is 0 Å². The van der Waals surface area contributed by atoms with E-state index >= 15 is 0 Å². The molecule has 2 aliphatic rings. The lowest BCUT2D eigenvalue weighted by Crippen LogP contribution is -2.46. The number of nitrogens with one attached hydrogen (secondary N) is 1. The van der Waals surface area contributed by atoms with Crippen molar-refractivity contribution in [2.24, 2.45) is 11.8 Å².